The maximum atomic E-state index is 11.7. The van der Waals surface area contributed by atoms with Crippen molar-refractivity contribution in [1.29, 1.82) is 0 Å². The average molecular weight is 358 g/mol. The molecule has 6 nitrogen and oxygen atoms in total. The van der Waals surface area contributed by atoms with E-state index in [0.29, 0.717) is 30.4 Å². The number of carbonyl (C=O) groups excluding carboxylic acids is 2. The summed E-state index contributed by atoms with van der Waals surface area (Å²) in [5, 5.41) is 8.05. The summed E-state index contributed by atoms with van der Waals surface area (Å²) in [5.41, 5.74) is 0.291. The van der Waals surface area contributed by atoms with Gasteiger partial charge in [0.25, 0.3) is 0 Å². The molecule has 21 heavy (non-hydrogen) atoms. The normalized spacial score (nSPS) is 10.8. The fraction of sp³-hybridized carbons (Fsp3) is 0.583. The number of hydrogen-bond acceptors (Lipinski definition) is 6. The summed E-state index contributed by atoms with van der Waals surface area (Å²) in [7, 11) is 1.80. The molecule has 0 aromatic carbocycles. The van der Waals surface area contributed by atoms with Crippen LogP contribution in [0.25, 0.3) is 0 Å². The van der Waals surface area contributed by atoms with Crippen LogP contribution in [0.3, 0.4) is 0 Å². The molecule has 0 fully saturated rings. The van der Waals surface area contributed by atoms with Crippen molar-refractivity contribution in [3.63, 3.8) is 0 Å². The minimum Gasteiger partial charge on any atom is -0.461 e. The van der Waals surface area contributed by atoms with E-state index in [0.717, 1.165) is 0 Å². The molecule has 1 unspecified atom stereocenters. The summed E-state index contributed by atoms with van der Waals surface area (Å²) < 4.78 is 4.85. The lowest BCUT2D eigenvalue weighted by atomic mass is 10.1. The van der Waals surface area contributed by atoms with Crippen LogP contribution in [0.2, 0.25) is 0 Å². The van der Waals surface area contributed by atoms with Crippen molar-refractivity contribution in [2.24, 2.45) is 5.92 Å². The third-order valence-electron chi connectivity index (χ3n) is 2.41. The van der Waals surface area contributed by atoms with Crippen molar-refractivity contribution in [3.05, 3.63) is 16.1 Å². The smallest absolute Gasteiger partial charge is 0.357 e. The minimum atomic E-state index is -0.431. The van der Waals surface area contributed by atoms with Crippen LogP contribution >= 0.6 is 36.2 Å². The second-order valence-electron chi connectivity index (χ2n) is 4.02. The van der Waals surface area contributed by atoms with E-state index in [1.54, 1.807) is 19.4 Å². The van der Waals surface area contributed by atoms with Crippen LogP contribution in [-0.2, 0) is 16.1 Å². The topological polar surface area (TPSA) is 80.3 Å². The van der Waals surface area contributed by atoms with Crippen LogP contribution in [0.4, 0.5) is 0 Å². The molecule has 2 N–H and O–H groups in total. The van der Waals surface area contributed by atoms with Crippen LogP contribution in [-0.4, -0.2) is 37.1 Å². The highest BCUT2D eigenvalue weighted by Crippen LogP contribution is 2.10. The fourth-order valence-electron chi connectivity index (χ4n) is 1.43. The Labute approximate surface area is 140 Å². The number of nitrogens with zero attached hydrogens (tertiary/aromatic N) is 1. The molecule has 1 aromatic rings. The van der Waals surface area contributed by atoms with Crippen molar-refractivity contribution in [2.45, 2.75) is 20.4 Å². The largest absolute Gasteiger partial charge is 0.461 e. The van der Waals surface area contributed by atoms with Gasteiger partial charge in [-0.05, 0) is 14.0 Å². The predicted octanol–water partition coefficient (Wildman–Crippen LogP) is 1.64. The number of halogens is 2. The van der Waals surface area contributed by atoms with Gasteiger partial charge in [0.15, 0.2) is 5.69 Å². The number of aromatic nitrogens is 1. The highest BCUT2D eigenvalue weighted by Gasteiger charge is 2.14. The Morgan fingerprint density at radius 3 is 2.67 bits per heavy atom. The molecular weight excluding hydrogens is 337 g/mol. The molecule has 1 rings (SSSR count). The second kappa shape index (κ2) is 11.7. The van der Waals surface area contributed by atoms with Crippen molar-refractivity contribution < 1.29 is 14.3 Å². The molecule has 0 radical (unpaired) electrons. The lowest BCUT2D eigenvalue weighted by molar-refractivity contribution is -0.124. The summed E-state index contributed by atoms with van der Waals surface area (Å²) in [6.07, 6.45) is 0. The molecule has 0 saturated heterocycles. The van der Waals surface area contributed by atoms with Gasteiger partial charge in [0.05, 0.1) is 13.2 Å². The van der Waals surface area contributed by atoms with Crippen LogP contribution in [0, 0.1) is 5.92 Å². The quantitative estimate of drug-likeness (QED) is 0.725. The number of amides is 1. The molecule has 122 valence electrons. The van der Waals surface area contributed by atoms with E-state index >= 15 is 0 Å². The summed E-state index contributed by atoms with van der Waals surface area (Å²) in [6, 6.07) is 0. The molecule has 9 heteroatoms. The van der Waals surface area contributed by atoms with Crippen molar-refractivity contribution in [1.82, 2.24) is 15.6 Å². The number of nitrogens with one attached hydrogen (secondary N) is 2. The van der Waals surface area contributed by atoms with Crippen LogP contribution in [0.15, 0.2) is 5.38 Å². The summed E-state index contributed by atoms with van der Waals surface area (Å²) >= 11 is 1.33. The van der Waals surface area contributed by atoms with E-state index < -0.39 is 5.97 Å². The lowest BCUT2D eigenvalue weighted by Gasteiger charge is -2.10. The zero-order chi connectivity index (χ0) is 14.3. The molecule has 0 aliphatic carbocycles. The number of esters is 1. The van der Waals surface area contributed by atoms with Gasteiger partial charge in [-0.15, -0.1) is 36.2 Å². The van der Waals surface area contributed by atoms with E-state index in [1.165, 1.54) is 11.3 Å². The second-order valence-corrected chi connectivity index (χ2v) is 4.97. The minimum absolute atomic E-state index is 0. The molecule has 1 atom stereocenters. The molecule has 1 aromatic heterocycles. The Hall–Kier alpha value is -0.890. The standard InChI is InChI=1S/C12H19N3O3S.2ClH/c1-4-18-12(17)9-7-19-10(15-9)6-14-11(16)8(2)5-13-3;;/h7-8,13H,4-6H2,1-3H3,(H,14,16);2*1H. The summed E-state index contributed by atoms with van der Waals surface area (Å²) in [6.45, 7) is 4.87. The van der Waals surface area contributed by atoms with Gasteiger partial charge >= 0.3 is 5.97 Å². The Morgan fingerprint density at radius 1 is 1.43 bits per heavy atom. The van der Waals surface area contributed by atoms with Crippen LogP contribution in [0.1, 0.15) is 29.3 Å². The lowest BCUT2D eigenvalue weighted by Crippen LogP contribution is -2.33. The third-order valence-corrected chi connectivity index (χ3v) is 3.26. The van der Waals surface area contributed by atoms with Gasteiger partial charge in [-0.1, -0.05) is 6.92 Å². The van der Waals surface area contributed by atoms with E-state index in [4.69, 9.17) is 4.74 Å². The molecular formula is C12H21Cl2N3O3S. The summed E-state index contributed by atoms with van der Waals surface area (Å²) in [5.74, 6) is -0.573. The van der Waals surface area contributed by atoms with E-state index in [9.17, 15) is 9.59 Å². The SMILES string of the molecule is CCOC(=O)c1csc(CNC(=O)C(C)CNC)n1.Cl.Cl. The maximum Gasteiger partial charge on any atom is 0.357 e. The zero-order valence-electron chi connectivity index (χ0n) is 12.2. The molecule has 0 aliphatic heterocycles. The summed E-state index contributed by atoms with van der Waals surface area (Å²) in [4.78, 5) is 27.2. The molecule has 0 spiro atoms. The van der Waals surface area contributed by atoms with Crippen molar-refractivity contribution in [3.8, 4) is 0 Å². The molecule has 1 heterocycles. The molecule has 0 aliphatic rings. The van der Waals surface area contributed by atoms with Gasteiger partial charge in [0.2, 0.25) is 5.91 Å². The fourth-order valence-corrected chi connectivity index (χ4v) is 2.13. The van der Waals surface area contributed by atoms with Crippen molar-refractivity contribution >= 4 is 48.0 Å². The first-order valence-electron chi connectivity index (χ1n) is 6.12. The number of thiazole rings is 1. The highest BCUT2D eigenvalue weighted by atomic mass is 35.5. The number of rotatable bonds is 7. The first-order chi connectivity index (χ1) is 9.08. The first kappa shape index (κ1) is 22.4. The first-order valence-corrected chi connectivity index (χ1v) is 7.00. The Kier molecular flexibility index (Phi) is 12.5. The van der Waals surface area contributed by atoms with Crippen LogP contribution in [0.5, 0.6) is 0 Å². The number of ether oxygens (including phenoxy) is 1. The maximum absolute atomic E-state index is 11.7. The van der Waals surface area contributed by atoms with Gasteiger partial charge in [0, 0.05) is 17.8 Å². The van der Waals surface area contributed by atoms with Crippen molar-refractivity contribution in [2.75, 3.05) is 20.2 Å². The Bertz CT molecular complexity index is 443. The molecule has 1 amide bonds. The van der Waals surface area contributed by atoms with E-state index in [-0.39, 0.29) is 36.6 Å². The van der Waals surface area contributed by atoms with E-state index in [2.05, 4.69) is 15.6 Å². The Morgan fingerprint density at radius 2 is 2.10 bits per heavy atom. The van der Waals surface area contributed by atoms with Gasteiger partial charge in [-0.25, -0.2) is 9.78 Å². The Balaban J connectivity index is 0. The number of carbonyl (C=O) groups is 2. The molecule has 0 saturated carbocycles. The average Bonchev–Trinajstić information content (AvgIpc) is 2.85. The van der Waals surface area contributed by atoms with Gasteiger partial charge in [-0.2, -0.15) is 0 Å². The van der Waals surface area contributed by atoms with Gasteiger partial charge in [0.1, 0.15) is 5.01 Å². The third kappa shape index (κ3) is 7.61. The van der Waals surface area contributed by atoms with Gasteiger partial charge < -0.3 is 15.4 Å². The number of hydrogen-bond donors (Lipinski definition) is 2. The monoisotopic (exact) mass is 357 g/mol. The highest BCUT2D eigenvalue weighted by molar-refractivity contribution is 7.09. The predicted molar refractivity (Wildman–Crippen MR) is 87.5 cm³/mol. The van der Waals surface area contributed by atoms with E-state index in [1.807, 2.05) is 6.92 Å². The molecule has 0 bridgehead atoms. The van der Waals surface area contributed by atoms with Gasteiger partial charge in [-0.3, -0.25) is 4.79 Å². The van der Waals surface area contributed by atoms with Crippen LogP contribution < -0.4 is 10.6 Å². The zero-order valence-corrected chi connectivity index (χ0v) is 14.6.